The third-order valence-corrected chi connectivity index (χ3v) is 4.95. The number of anilines is 1. The number of nitrogens with zero attached hydrogens (tertiary/aromatic N) is 1. The predicted octanol–water partition coefficient (Wildman–Crippen LogP) is 2.24. The van der Waals surface area contributed by atoms with E-state index in [9.17, 15) is 8.42 Å². The fraction of sp³-hybridized carbons (Fsp3) is 0.583. The molecule has 0 aliphatic heterocycles. The molecule has 1 saturated carbocycles. The average Bonchev–Trinajstić information content (AvgIpc) is 3.11. The van der Waals surface area contributed by atoms with Crippen molar-refractivity contribution in [3.05, 3.63) is 17.3 Å². The average molecular weight is 304 g/mol. The first-order valence-corrected chi connectivity index (χ1v) is 8.14. The van der Waals surface area contributed by atoms with Gasteiger partial charge in [-0.1, -0.05) is 24.4 Å². The molecule has 0 radical (unpaired) electrons. The van der Waals surface area contributed by atoms with Gasteiger partial charge in [-0.2, -0.15) is 0 Å². The molecule has 0 aromatic carbocycles. The lowest BCUT2D eigenvalue weighted by molar-refractivity contribution is 0.529. The van der Waals surface area contributed by atoms with Crippen LogP contribution in [-0.4, -0.2) is 26.5 Å². The molecule has 19 heavy (non-hydrogen) atoms. The van der Waals surface area contributed by atoms with Crippen molar-refractivity contribution in [3.63, 3.8) is 0 Å². The minimum absolute atomic E-state index is 0.0692. The summed E-state index contributed by atoms with van der Waals surface area (Å²) in [5, 5.41) is 3.08. The van der Waals surface area contributed by atoms with Crippen LogP contribution in [0.3, 0.4) is 0 Å². The lowest BCUT2D eigenvalue weighted by Crippen LogP contribution is -2.33. The summed E-state index contributed by atoms with van der Waals surface area (Å²) in [5.41, 5.74) is 0. The number of aromatic nitrogens is 1. The van der Waals surface area contributed by atoms with E-state index in [1.54, 1.807) is 7.05 Å². The first-order valence-electron chi connectivity index (χ1n) is 6.28. The van der Waals surface area contributed by atoms with Gasteiger partial charge in [-0.15, -0.1) is 0 Å². The van der Waals surface area contributed by atoms with Gasteiger partial charge in [-0.25, -0.2) is 18.1 Å². The molecule has 1 aromatic rings. The van der Waals surface area contributed by atoms with Crippen LogP contribution in [0.2, 0.25) is 5.02 Å². The molecule has 1 atom stereocenters. The summed E-state index contributed by atoms with van der Waals surface area (Å²) in [5.74, 6) is 1.14. The molecule has 7 heteroatoms. The van der Waals surface area contributed by atoms with Crippen LogP contribution in [0.15, 0.2) is 17.2 Å². The second-order valence-electron chi connectivity index (χ2n) is 4.95. The van der Waals surface area contributed by atoms with Gasteiger partial charge >= 0.3 is 0 Å². The van der Waals surface area contributed by atoms with Gasteiger partial charge in [0.1, 0.15) is 10.7 Å². The molecule has 0 saturated heterocycles. The first kappa shape index (κ1) is 14.6. The molecule has 0 spiro atoms. The Bertz CT molecular complexity index is 558. The summed E-state index contributed by atoms with van der Waals surface area (Å²) >= 11 is 5.95. The lowest BCUT2D eigenvalue weighted by Gasteiger charge is -2.14. The van der Waals surface area contributed by atoms with E-state index >= 15 is 0 Å². The highest BCUT2D eigenvalue weighted by atomic mass is 35.5. The van der Waals surface area contributed by atoms with E-state index in [0.29, 0.717) is 16.8 Å². The Morgan fingerprint density at radius 1 is 1.53 bits per heavy atom. The van der Waals surface area contributed by atoms with Crippen LogP contribution in [0.1, 0.15) is 26.2 Å². The van der Waals surface area contributed by atoms with Crippen molar-refractivity contribution in [3.8, 4) is 0 Å². The smallest absolute Gasteiger partial charge is 0.242 e. The third-order valence-electron chi connectivity index (χ3n) is 3.10. The second-order valence-corrected chi connectivity index (χ2v) is 7.07. The molecular formula is C12H18ClN3O2S. The van der Waals surface area contributed by atoms with Crippen LogP contribution in [-0.2, 0) is 10.0 Å². The molecule has 1 fully saturated rings. The standard InChI is InChI=1S/C12H18ClN3O2S/c1-8(5-9-3-4-9)16-19(17,18)10-6-11(13)12(14-2)15-7-10/h6-9,16H,3-5H2,1-2H3,(H,14,15). The molecule has 106 valence electrons. The zero-order valence-electron chi connectivity index (χ0n) is 11.0. The summed E-state index contributed by atoms with van der Waals surface area (Å²) < 4.78 is 27.0. The van der Waals surface area contributed by atoms with Crippen molar-refractivity contribution in [2.75, 3.05) is 12.4 Å². The van der Waals surface area contributed by atoms with Gasteiger partial charge in [0, 0.05) is 19.3 Å². The van der Waals surface area contributed by atoms with Crippen molar-refractivity contribution in [2.24, 2.45) is 5.92 Å². The minimum atomic E-state index is -3.55. The Kier molecular flexibility index (Phi) is 4.32. The number of hydrogen-bond acceptors (Lipinski definition) is 4. The highest BCUT2D eigenvalue weighted by molar-refractivity contribution is 7.89. The van der Waals surface area contributed by atoms with Gasteiger partial charge in [-0.05, 0) is 25.3 Å². The van der Waals surface area contributed by atoms with Crippen LogP contribution >= 0.6 is 11.6 Å². The van der Waals surface area contributed by atoms with Gasteiger partial charge in [0.15, 0.2) is 0 Å². The molecule has 1 heterocycles. The molecule has 1 aromatic heterocycles. The van der Waals surface area contributed by atoms with E-state index in [2.05, 4.69) is 15.0 Å². The lowest BCUT2D eigenvalue weighted by atomic mass is 10.2. The first-order chi connectivity index (χ1) is 8.92. The number of pyridine rings is 1. The van der Waals surface area contributed by atoms with Crippen LogP contribution in [0.5, 0.6) is 0 Å². The Labute approximate surface area is 118 Å². The molecule has 0 amide bonds. The predicted molar refractivity (Wildman–Crippen MR) is 75.9 cm³/mol. The van der Waals surface area contributed by atoms with Gasteiger partial charge in [0.25, 0.3) is 0 Å². The van der Waals surface area contributed by atoms with Crippen molar-refractivity contribution in [1.82, 2.24) is 9.71 Å². The van der Waals surface area contributed by atoms with Crippen LogP contribution in [0, 0.1) is 5.92 Å². The van der Waals surface area contributed by atoms with E-state index in [-0.39, 0.29) is 10.9 Å². The molecule has 5 nitrogen and oxygen atoms in total. The monoisotopic (exact) mass is 303 g/mol. The van der Waals surface area contributed by atoms with E-state index < -0.39 is 10.0 Å². The topological polar surface area (TPSA) is 71.1 Å². The van der Waals surface area contributed by atoms with Crippen molar-refractivity contribution in [1.29, 1.82) is 0 Å². The maximum absolute atomic E-state index is 12.2. The largest absolute Gasteiger partial charge is 0.372 e. The number of rotatable bonds is 6. The molecule has 1 unspecified atom stereocenters. The fourth-order valence-corrected chi connectivity index (χ4v) is 3.54. The highest BCUT2D eigenvalue weighted by Gasteiger charge is 2.26. The van der Waals surface area contributed by atoms with Gasteiger partial charge < -0.3 is 5.32 Å². The fourth-order valence-electron chi connectivity index (χ4n) is 1.99. The quantitative estimate of drug-likeness (QED) is 0.845. The van der Waals surface area contributed by atoms with Gasteiger partial charge in [0.2, 0.25) is 10.0 Å². The van der Waals surface area contributed by atoms with Crippen molar-refractivity contribution in [2.45, 2.75) is 37.1 Å². The zero-order valence-corrected chi connectivity index (χ0v) is 12.6. The zero-order chi connectivity index (χ0) is 14.0. The number of nitrogens with one attached hydrogen (secondary N) is 2. The van der Waals surface area contributed by atoms with Gasteiger partial charge in [0.05, 0.1) is 5.02 Å². The Hall–Kier alpha value is -0.850. The second kappa shape index (κ2) is 5.64. The van der Waals surface area contributed by atoms with Crippen LogP contribution in [0.25, 0.3) is 0 Å². The summed E-state index contributed by atoms with van der Waals surface area (Å²) in [6, 6.07) is 1.34. The minimum Gasteiger partial charge on any atom is -0.372 e. The molecule has 0 bridgehead atoms. The Morgan fingerprint density at radius 2 is 2.21 bits per heavy atom. The Morgan fingerprint density at radius 3 is 2.74 bits per heavy atom. The van der Waals surface area contributed by atoms with Gasteiger partial charge in [-0.3, -0.25) is 0 Å². The van der Waals surface area contributed by atoms with Crippen LogP contribution in [0.4, 0.5) is 5.82 Å². The maximum atomic E-state index is 12.2. The maximum Gasteiger partial charge on any atom is 0.242 e. The summed E-state index contributed by atoms with van der Waals surface area (Å²) in [7, 11) is -1.87. The Balaban J connectivity index is 2.11. The molecular weight excluding hydrogens is 286 g/mol. The molecule has 1 aliphatic carbocycles. The van der Waals surface area contributed by atoms with Crippen LogP contribution < -0.4 is 10.0 Å². The molecule has 2 rings (SSSR count). The number of hydrogen-bond donors (Lipinski definition) is 2. The molecule has 2 N–H and O–H groups in total. The summed E-state index contributed by atoms with van der Waals surface area (Å²) in [4.78, 5) is 4.08. The normalized spacial score (nSPS) is 17.2. The van der Waals surface area contributed by atoms with E-state index in [1.165, 1.54) is 25.1 Å². The van der Waals surface area contributed by atoms with Crippen molar-refractivity contribution < 1.29 is 8.42 Å². The van der Waals surface area contributed by atoms with E-state index in [1.807, 2.05) is 6.92 Å². The summed E-state index contributed by atoms with van der Waals surface area (Å²) in [6.45, 7) is 1.88. The number of halogens is 1. The summed E-state index contributed by atoms with van der Waals surface area (Å²) in [6.07, 6.45) is 4.60. The molecule has 1 aliphatic rings. The SMILES string of the molecule is CNc1ncc(S(=O)(=O)NC(C)CC2CC2)cc1Cl. The third kappa shape index (κ3) is 3.81. The van der Waals surface area contributed by atoms with E-state index in [4.69, 9.17) is 11.6 Å². The highest BCUT2D eigenvalue weighted by Crippen LogP contribution is 2.33. The van der Waals surface area contributed by atoms with E-state index in [0.717, 1.165) is 6.42 Å². The van der Waals surface area contributed by atoms with Crippen molar-refractivity contribution >= 4 is 27.4 Å². The number of sulfonamides is 1.